The first-order valence-electron chi connectivity index (χ1n) is 11.2. The van der Waals surface area contributed by atoms with Crippen molar-refractivity contribution in [3.05, 3.63) is 23.8 Å². The Balaban J connectivity index is 2.26. The average molecular weight is 459 g/mol. The van der Waals surface area contributed by atoms with Crippen LogP contribution in [0.2, 0.25) is 0 Å². The number of aliphatic hydroxyl groups excluding tert-OH is 4. The van der Waals surface area contributed by atoms with E-state index in [1.807, 2.05) is 26.8 Å². The third kappa shape index (κ3) is 7.34. The van der Waals surface area contributed by atoms with Gasteiger partial charge in [-0.25, -0.2) is 0 Å². The van der Waals surface area contributed by atoms with E-state index in [9.17, 15) is 30.3 Å². The second-order valence-corrected chi connectivity index (χ2v) is 9.17. The smallest absolute Gasteiger partial charge is 0.306 e. The summed E-state index contributed by atoms with van der Waals surface area (Å²) in [6.07, 6.45) is -1.14. The summed E-state index contributed by atoms with van der Waals surface area (Å²) < 4.78 is 16.9. The summed E-state index contributed by atoms with van der Waals surface area (Å²) in [5, 5.41) is 50.4. The summed E-state index contributed by atoms with van der Waals surface area (Å²) in [7, 11) is 0. The van der Waals surface area contributed by atoms with Crippen molar-refractivity contribution in [1.29, 1.82) is 0 Å². The number of hydrogen-bond donors (Lipinski definition) is 5. The van der Waals surface area contributed by atoms with Crippen LogP contribution in [0.3, 0.4) is 0 Å². The van der Waals surface area contributed by atoms with Gasteiger partial charge in [0.05, 0.1) is 18.3 Å². The summed E-state index contributed by atoms with van der Waals surface area (Å²) in [6, 6.07) is 0. The molecule has 0 aliphatic carbocycles. The molecule has 0 amide bonds. The maximum atomic E-state index is 12.1. The lowest BCUT2D eigenvalue weighted by molar-refractivity contribution is -0.305. The molecular weight excluding hydrogens is 420 g/mol. The summed E-state index contributed by atoms with van der Waals surface area (Å²) in [5.41, 5.74) is -0.516. The van der Waals surface area contributed by atoms with Gasteiger partial charge in [0.25, 0.3) is 0 Å². The van der Waals surface area contributed by atoms with Crippen LogP contribution >= 0.6 is 0 Å². The normalized spacial score (nSPS) is 42.7. The maximum Gasteiger partial charge on any atom is 0.306 e. The molecule has 0 radical (unpaired) electrons. The number of esters is 1. The van der Waals surface area contributed by atoms with Gasteiger partial charge in [-0.05, 0) is 51.5 Å². The second-order valence-electron chi connectivity index (χ2n) is 9.17. The Morgan fingerprint density at radius 2 is 1.88 bits per heavy atom. The van der Waals surface area contributed by atoms with Crippen molar-refractivity contribution < 1.29 is 44.5 Å². The van der Waals surface area contributed by atoms with E-state index in [4.69, 9.17) is 14.2 Å². The molecule has 2 aliphatic rings. The topological polar surface area (TPSA) is 146 Å². The molecule has 9 nitrogen and oxygen atoms in total. The number of carbonyl (C=O) groups is 1. The fourth-order valence-corrected chi connectivity index (χ4v) is 3.67. The van der Waals surface area contributed by atoms with Crippen LogP contribution in [0.25, 0.3) is 0 Å². The summed E-state index contributed by atoms with van der Waals surface area (Å²) in [6.45, 7) is 6.71. The molecule has 9 heteroatoms. The predicted octanol–water partition coefficient (Wildman–Crippen LogP) is 0.567. The monoisotopic (exact) mass is 458 g/mol. The van der Waals surface area contributed by atoms with Gasteiger partial charge in [-0.15, -0.1) is 0 Å². The van der Waals surface area contributed by atoms with Gasteiger partial charge in [0.1, 0.15) is 30.5 Å². The fraction of sp³-hybridized carbons (Fsp3) is 0.783. The van der Waals surface area contributed by atoms with Gasteiger partial charge >= 0.3 is 5.97 Å². The van der Waals surface area contributed by atoms with E-state index in [1.54, 1.807) is 13.0 Å². The molecule has 0 bridgehead atoms. The van der Waals surface area contributed by atoms with Crippen molar-refractivity contribution in [1.82, 2.24) is 0 Å². The molecule has 0 saturated carbocycles. The number of cyclic esters (lactones) is 1. The Labute approximate surface area is 189 Å². The molecule has 184 valence electrons. The van der Waals surface area contributed by atoms with Gasteiger partial charge in [0.2, 0.25) is 0 Å². The van der Waals surface area contributed by atoms with E-state index in [2.05, 4.69) is 0 Å². The zero-order valence-corrected chi connectivity index (χ0v) is 19.3. The largest absolute Gasteiger partial charge is 0.462 e. The Morgan fingerprint density at radius 1 is 1.19 bits per heavy atom. The number of hydrogen-bond acceptors (Lipinski definition) is 9. The molecule has 0 aromatic carbocycles. The van der Waals surface area contributed by atoms with Gasteiger partial charge in [-0.3, -0.25) is 4.79 Å². The van der Waals surface area contributed by atoms with Gasteiger partial charge in [0.15, 0.2) is 6.29 Å². The van der Waals surface area contributed by atoms with Crippen LogP contribution in [0.1, 0.15) is 53.4 Å². The SMILES string of the molecule is CC1=CCCC(C)C(C)OC(=O)CCC(C)(O)C=CC1OC1OC(CO)C(O)C(O)C1O. The van der Waals surface area contributed by atoms with Crippen molar-refractivity contribution >= 4 is 5.97 Å². The molecule has 2 rings (SSSR count). The molecule has 0 aromatic rings. The first-order valence-corrected chi connectivity index (χ1v) is 11.2. The van der Waals surface area contributed by atoms with Crippen molar-refractivity contribution in [3.8, 4) is 0 Å². The van der Waals surface area contributed by atoms with E-state index >= 15 is 0 Å². The molecule has 1 fully saturated rings. The van der Waals surface area contributed by atoms with Crippen LogP contribution < -0.4 is 0 Å². The van der Waals surface area contributed by atoms with Gasteiger partial charge in [-0.1, -0.05) is 25.2 Å². The molecule has 32 heavy (non-hydrogen) atoms. The molecule has 9 atom stereocenters. The number of rotatable bonds is 3. The van der Waals surface area contributed by atoms with Gasteiger partial charge < -0.3 is 39.7 Å². The van der Waals surface area contributed by atoms with Gasteiger partial charge in [-0.2, -0.15) is 0 Å². The zero-order valence-electron chi connectivity index (χ0n) is 19.3. The Kier molecular flexibility index (Phi) is 9.84. The maximum absolute atomic E-state index is 12.1. The number of allylic oxidation sites excluding steroid dienone is 1. The van der Waals surface area contributed by atoms with Crippen molar-refractivity contribution in [3.63, 3.8) is 0 Å². The van der Waals surface area contributed by atoms with Crippen LogP contribution in [0.5, 0.6) is 0 Å². The molecule has 2 aliphatic heterocycles. The molecule has 1 saturated heterocycles. The highest BCUT2D eigenvalue weighted by molar-refractivity contribution is 5.69. The van der Waals surface area contributed by atoms with Crippen LogP contribution in [0, 0.1) is 5.92 Å². The first-order chi connectivity index (χ1) is 14.9. The number of aliphatic hydroxyl groups is 5. The van der Waals surface area contributed by atoms with E-state index in [1.165, 1.54) is 6.08 Å². The molecular formula is C23H38O9. The predicted molar refractivity (Wildman–Crippen MR) is 115 cm³/mol. The highest BCUT2D eigenvalue weighted by Gasteiger charge is 2.44. The van der Waals surface area contributed by atoms with Crippen LogP contribution in [-0.4, -0.2) is 86.6 Å². The van der Waals surface area contributed by atoms with Crippen LogP contribution in [0.15, 0.2) is 23.8 Å². The van der Waals surface area contributed by atoms with Crippen LogP contribution in [0.4, 0.5) is 0 Å². The van der Waals surface area contributed by atoms with Crippen molar-refractivity contribution in [2.45, 2.75) is 102 Å². The molecule has 2 heterocycles. The Morgan fingerprint density at radius 3 is 2.53 bits per heavy atom. The third-order valence-corrected chi connectivity index (χ3v) is 6.25. The Hall–Kier alpha value is -1.33. The van der Waals surface area contributed by atoms with E-state index in [0.29, 0.717) is 6.42 Å². The second kappa shape index (κ2) is 11.7. The van der Waals surface area contributed by atoms with E-state index < -0.39 is 49.0 Å². The highest BCUT2D eigenvalue weighted by Crippen LogP contribution is 2.26. The third-order valence-electron chi connectivity index (χ3n) is 6.25. The minimum Gasteiger partial charge on any atom is -0.462 e. The lowest BCUT2D eigenvalue weighted by atomic mass is 9.95. The number of carbonyl (C=O) groups excluding carboxylic acids is 1. The minimum absolute atomic E-state index is 0.0570. The molecule has 0 spiro atoms. The van der Waals surface area contributed by atoms with Crippen molar-refractivity contribution in [2.24, 2.45) is 5.92 Å². The molecule has 9 unspecified atom stereocenters. The van der Waals surface area contributed by atoms with Crippen molar-refractivity contribution in [2.75, 3.05) is 6.61 Å². The average Bonchev–Trinajstić information content (AvgIpc) is 2.74. The van der Waals surface area contributed by atoms with Crippen LogP contribution in [-0.2, 0) is 19.0 Å². The summed E-state index contributed by atoms with van der Waals surface area (Å²) in [5.74, 6) is -0.234. The lowest BCUT2D eigenvalue weighted by Gasteiger charge is -2.40. The summed E-state index contributed by atoms with van der Waals surface area (Å²) in [4.78, 5) is 12.1. The van der Waals surface area contributed by atoms with E-state index in [0.717, 1.165) is 12.0 Å². The standard InChI is InChI=1S/C23H38O9/c1-13-6-5-7-14(2)16(8-10-23(4,29)11-9-18(25)30-15(13)3)31-22-21(28)20(27)19(26)17(12-24)32-22/h7-8,10,13,15-17,19-22,24,26-29H,5-6,9,11-12H2,1-4H3. The molecule has 5 N–H and O–H groups in total. The Bertz CT molecular complexity index is 672. The number of ether oxygens (including phenoxy) is 3. The lowest BCUT2D eigenvalue weighted by Crippen LogP contribution is -2.59. The fourth-order valence-electron chi connectivity index (χ4n) is 3.67. The zero-order chi connectivity index (χ0) is 24.1. The molecule has 0 aromatic heterocycles. The minimum atomic E-state index is -1.55. The summed E-state index contributed by atoms with van der Waals surface area (Å²) >= 11 is 0. The first kappa shape index (κ1) is 26.9. The highest BCUT2D eigenvalue weighted by atomic mass is 16.7. The quantitative estimate of drug-likeness (QED) is 0.302. The van der Waals surface area contributed by atoms with Gasteiger partial charge in [0, 0.05) is 6.42 Å². The van der Waals surface area contributed by atoms with E-state index in [-0.39, 0.29) is 30.8 Å².